The molecule has 0 aromatic rings. The Morgan fingerprint density at radius 3 is 2.16 bits per heavy atom. The summed E-state index contributed by atoms with van der Waals surface area (Å²) >= 11 is 0. The molecule has 112 valence electrons. The highest BCUT2D eigenvalue weighted by Crippen LogP contribution is 2.32. The molecule has 3 fully saturated rings. The zero-order valence-corrected chi connectivity index (χ0v) is 12.9. The lowest BCUT2D eigenvalue weighted by molar-refractivity contribution is -0.984. The highest BCUT2D eigenvalue weighted by molar-refractivity contribution is 4.93. The number of quaternary nitrogens is 1. The Balaban J connectivity index is 0.000000163. The van der Waals surface area contributed by atoms with Crippen molar-refractivity contribution in [3.8, 4) is 0 Å². The van der Waals surface area contributed by atoms with Crippen molar-refractivity contribution in [1.82, 2.24) is 5.32 Å². The summed E-state index contributed by atoms with van der Waals surface area (Å²) in [5.74, 6) is 0. The molecule has 0 aromatic heterocycles. The number of aliphatic hydroxyl groups is 1. The van der Waals surface area contributed by atoms with Gasteiger partial charge in [-0.1, -0.05) is 12.8 Å². The fourth-order valence-electron chi connectivity index (χ4n) is 4.10. The second-order valence-electron chi connectivity index (χ2n) is 7.39. The molecule has 0 bridgehead atoms. The maximum Gasteiger partial charge on any atom is 0.106 e. The van der Waals surface area contributed by atoms with E-state index in [1.54, 1.807) is 4.90 Å². The van der Waals surface area contributed by atoms with E-state index in [1.807, 2.05) is 13.8 Å². The van der Waals surface area contributed by atoms with Crippen LogP contribution in [-0.4, -0.2) is 42.4 Å². The fraction of sp³-hybridized carbons (Fsp3) is 1.00. The van der Waals surface area contributed by atoms with E-state index in [1.165, 1.54) is 71.1 Å². The molecule has 3 rings (SSSR count). The zero-order chi connectivity index (χ0) is 13.8. The van der Waals surface area contributed by atoms with Crippen molar-refractivity contribution in [2.45, 2.75) is 76.4 Å². The van der Waals surface area contributed by atoms with Crippen LogP contribution < -0.4 is 10.2 Å². The number of fused-ring (bicyclic) bond motifs is 1. The smallest absolute Gasteiger partial charge is 0.106 e. The van der Waals surface area contributed by atoms with Crippen LogP contribution in [0.1, 0.15) is 65.2 Å². The Labute approximate surface area is 118 Å². The Hall–Kier alpha value is -0.120. The molecule has 2 atom stereocenters. The molecule has 2 unspecified atom stereocenters. The largest absolute Gasteiger partial charge is 0.390 e. The first-order chi connectivity index (χ1) is 9.02. The van der Waals surface area contributed by atoms with Gasteiger partial charge in [0, 0.05) is 19.3 Å². The number of rotatable bonds is 2. The van der Waals surface area contributed by atoms with Crippen molar-refractivity contribution in [2.24, 2.45) is 0 Å². The Kier molecular flexibility index (Phi) is 5.27. The molecule has 3 aliphatic rings. The van der Waals surface area contributed by atoms with Gasteiger partial charge >= 0.3 is 0 Å². The Bertz CT molecular complexity index is 255. The molecule has 0 amide bonds. The van der Waals surface area contributed by atoms with Gasteiger partial charge in [0.2, 0.25) is 0 Å². The second kappa shape index (κ2) is 6.55. The molecule has 3 saturated heterocycles. The van der Waals surface area contributed by atoms with E-state index in [9.17, 15) is 5.11 Å². The van der Waals surface area contributed by atoms with E-state index in [-0.39, 0.29) is 0 Å². The standard InChI is InChI=1S/C10H19NO.C6H13N/c1-9(2,12)8-10-4-3-6-11(10)7-5-10;1-2-4-6-7-5-3-1/h12H,3-8H2,1-2H3;7H,1-6H2/p+1. The fourth-order valence-corrected chi connectivity index (χ4v) is 4.10. The molecule has 3 heterocycles. The summed E-state index contributed by atoms with van der Waals surface area (Å²) in [6, 6.07) is 0. The third-order valence-corrected chi connectivity index (χ3v) is 5.02. The van der Waals surface area contributed by atoms with Crippen molar-refractivity contribution in [3.63, 3.8) is 0 Å². The molecule has 3 aliphatic heterocycles. The minimum Gasteiger partial charge on any atom is -0.390 e. The molecule has 0 saturated carbocycles. The van der Waals surface area contributed by atoms with Crippen LogP contribution in [0.3, 0.4) is 0 Å². The Morgan fingerprint density at radius 2 is 1.68 bits per heavy atom. The van der Waals surface area contributed by atoms with E-state index in [0.29, 0.717) is 5.54 Å². The molecule has 0 spiro atoms. The molecule has 3 N–H and O–H groups in total. The molecular formula is C16H33N2O+. The number of hydrogen-bond donors (Lipinski definition) is 3. The minimum atomic E-state index is -0.462. The highest BCUT2D eigenvalue weighted by Gasteiger charge is 2.54. The summed E-state index contributed by atoms with van der Waals surface area (Å²) in [5, 5.41) is 13.1. The lowest BCUT2D eigenvalue weighted by Crippen LogP contribution is -3.24. The van der Waals surface area contributed by atoms with Crippen LogP contribution in [0, 0.1) is 0 Å². The van der Waals surface area contributed by atoms with Gasteiger partial charge < -0.3 is 15.3 Å². The van der Waals surface area contributed by atoms with Gasteiger partial charge in [-0.25, -0.2) is 0 Å². The predicted molar refractivity (Wildman–Crippen MR) is 79.5 cm³/mol. The highest BCUT2D eigenvalue weighted by atomic mass is 16.3. The van der Waals surface area contributed by atoms with Gasteiger partial charge in [0.25, 0.3) is 0 Å². The van der Waals surface area contributed by atoms with Crippen LogP contribution in [0.2, 0.25) is 0 Å². The van der Waals surface area contributed by atoms with Crippen molar-refractivity contribution in [2.75, 3.05) is 26.2 Å². The quantitative estimate of drug-likeness (QED) is 0.703. The first-order valence-electron chi connectivity index (χ1n) is 8.30. The first-order valence-corrected chi connectivity index (χ1v) is 8.30. The summed E-state index contributed by atoms with van der Waals surface area (Å²) in [7, 11) is 0. The van der Waals surface area contributed by atoms with E-state index < -0.39 is 5.60 Å². The average molecular weight is 269 g/mol. The maximum atomic E-state index is 9.78. The molecule has 0 radical (unpaired) electrons. The molecule has 0 aliphatic carbocycles. The first kappa shape index (κ1) is 15.3. The topological polar surface area (TPSA) is 36.7 Å². The van der Waals surface area contributed by atoms with Gasteiger partial charge in [0.15, 0.2) is 0 Å². The SMILES string of the molecule is C1CCCNCC1.CC(C)(O)CC12CCC[NH+]1CC2. The van der Waals surface area contributed by atoms with Gasteiger partial charge in [-0.3, -0.25) is 0 Å². The lowest BCUT2D eigenvalue weighted by Gasteiger charge is -2.46. The lowest BCUT2D eigenvalue weighted by atomic mass is 9.77. The Morgan fingerprint density at radius 1 is 1.00 bits per heavy atom. The van der Waals surface area contributed by atoms with E-state index >= 15 is 0 Å². The second-order valence-corrected chi connectivity index (χ2v) is 7.39. The minimum absolute atomic E-state index is 0.462. The van der Waals surface area contributed by atoms with Gasteiger partial charge in [-0.05, 0) is 39.8 Å². The van der Waals surface area contributed by atoms with Crippen molar-refractivity contribution < 1.29 is 10.0 Å². The predicted octanol–water partition coefficient (Wildman–Crippen LogP) is 1.12. The maximum absolute atomic E-state index is 9.78. The van der Waals surface area contributed by atoms with Crippen LogP contribution in [0.4, 0.5) is 0 Å². The van der Waals surface area contributed by atoms with Crippen molar-refractivity contribution in [3.05, 3.63) is 0 Å². The van der Waals surface area contributed by atoms with Crippen LogP contribution >= 0.6 is 0 Å². The molecule has 3 nitrogen and oxygen atoms in total. The zero-order valence-electron chi connectivity index (χ0n) is 12.9. The van der Waals surface area contributed by atoms with Gasteiger partial charge in [-0.2, -0.15) is 0 Å². The molecular weight excluding hydrogens is 236 g/mol. The average Bonchev–Trinajstić information content (AvgIpc) is 2.58. The number of hydrogen-bond acceptors (Lipinski definition) is 2. The van der Waals surface area contributed by atoms with Gasteiger partial charge in [0.05, 0.1) is 25.1 Å². The van der Waals surface area contributed by atoms with Crippen molar-refractivity contribution in [1.29, 1.82) is 0 Å². The third kappa shape index (κ3) is 4.44. The van der Waals surface area contributed by atoms with Gasteiger partial charge in [0.1, 0.15) is 5.54 Å². The van der Waals surface area contributed by atoms with Gasteiger partial charge in [-0.15, -0.1) is 0 Å². The van der Waals surface area contributed by atoms with Crippen molar-refractivity contribution >= 4 is 0 Å². The number of nitrogens with one attached hydrogen (secondary N) is 2. The molecule has 3 heteroatoms. The van der Waals surface area contributed by atoms with Crippen LogP contribution in [0.5, 0.6) is 0 Å². The summed E-state index contributed by atoms with van der Waals surface area (Å²) in [6.45, 7) is 9.07. The third-order valence-electron chi connectivity index (χ3n) is 5.02. The summed E-state index contributed by atoms with van der Waals surface area (Å²) in [5.41, 5.74) is 0.0221. The normalized spacial score (nSPS) is 34.6. The summed E-state index contributed by atoms with van der Waals surface area (Å²) < 4.78 is 0. The molecule has 0 aromatic carbocycles. The monoisotopic (exact) mass is 269 g/mol. The summed E-state index contributed by atoms with van der Waals surface area (Å²) in [4.78, 5) is 1.75. The van der Waals surface area contributed by atoms with Crippen LogP contribution in [-0.2, 0) is 0 Å². The van der Waals surface area contributed by atoms with Crippen LogP contribution in [0.25, 0.3) is 0 Å². The van der Waals surface area contributed by atoms with E-state index in [0.717, 1.165) is 6.42 Å². The van der Waals surface area contributed by atoms with E-state index in [2.05, 4.69) is 5.32 Å². The summed E-state index contributed by atoms with van der Waals surface area (Å²) in [6.07, 6.45) is 10.7. The van der Waals surface area contributed by atoms with Crippen LogP contribution in [0.15, 0.2) is 0 Å². The molecule has 19 heavy (non-hydrogen) atoms. The van der Waals surface area contributed by atoms with E-state index in [4.69, 9.17) is 0 Å².